The number of halogens is 3. The molecule has 2 aromatic rings. The van der Waals surface area contributed by atoms with E-state index in [0.717, 1.165) is 50.8 Å². The molecule has 0 aliphatic carbocycles. The predicted octanol–water partition coefficient (Wildman–Crippen LogP) is 4.36. The molecule has 0 saturated carbocycles. The molecular formula is C22H30F3N3O. The number of benzene rings is 1. The van der Waals surface area contributed by atoms with Crippen molar-refractivity contribution in [2.75, 3.05) is 19.7 Å². The summed E-state index contributed by atoms with van der Waals surface area (Å²) in [4.78, 5) is 2.36. The highest BCUT2D eigenvalue weighted by molar-refractivity contribution is 5.27. The van der Waals surface area contributed by atoms with E-state index in [0.29, 0.717) is 12.0 Å². The van der Waals surface area contributed by atoms with Crippen LogP contribution in [-0.2, 0) is 25.7 Å². The highest BCUT2D eigenvalue weighted by atomic mass is 19.4. The van der Waals surface area contributed by atoms with Crippen molar-refractivity contribution in [2.45, 2.75) is 59.3 Å². The minimum atomic E-state index is -4.34. The van der Waals surface area contributed by atoms with Crippen LogP contribution in [0.15, 0.2) is 24.3 Å². The van der Waals surface area contributed by atoms with Crippen molar-refractivity contribution in [2.24, 2.45) is 5.41 Å². The minimum Gasteiger partial charge on any atom is -0.396 e. The number of piperidine rings is 1. The molecule has 0 bridgehead atoms. The second-order valence-corrected chi connectivity index (χ2v) is 8.27. The summed E-state index contributed by atoms with van der Waals surface area (Å²) in [6, 6.07) is 5.49. The van der Waals surface area contributed by atoms with Gasteiger partial charge in [0.05, 0.1) is 11.3 Å². The third-order valence-corrected chi connectivity index (χ3v) is 6.30. The molecule has 0 spiro atoms. The zero-order valence-electron chi connectivity index (χ0n) is 17.4. The molecule has 1 aliphatic heterocycles. The van der Waals surface area contributed by atoms with Crippen molar-refractivity contribution in [3.63, 3.8) is 0 Å². The van der Waals surface area contributed by atoms with Crippen LogP contribution in [-0.4, -0.2) is 39.5 Å². The number of aliphatic hydroxyl groups is 1. The van der Waals surface area contributed by atoms with E-state index < -0.39 is 11.7 Å². The minimum absolute atomic E-state index is 0.0110. The number of rotatable bonds is 6. The van der Waals surface area contributed by atoms with Gasteiger partial charge in [0.2, 0.25) is 0 Å². The van der Waals surface area contributed by atoms with E-state index in [2.05, 4.69) is 23.8 Å². The lowest BCUT2D eigenvalue weighted by atomic mass is 9.74. The molecule has 1 N–H and O–H groups in total. The van der Waals surface area contributed by atoms with E-state index in [-0.39, 0.29) is 12.0 Å². The lowest BCUT2D eigenvalue weighted by molar-refractivity contribution is -0.137. The van der Waals surface area contributed by atoms with E-state index in [1.165, 1.54) is 23.4 Å². The maximum Gasteiger partial charge on any atom is 0.416 e. The van der Waals surface area contributed by atoms with Gasteiger partial charge in [0.15, 0.2) is 0 Å². The third kappa shape index (κ3) is 4.83. The van der Waals surface area contributed by atoms with Gasteiger partial charge >= 0.3 is 6.18 Å². The number of aliphatic hydroxyl groups excluding tert-OH is 1. The standard InChI is InChI=1S/C22H30F3N3O/c1-4-28-17(3)20(16(2)26-28)14-27-10-8-21(15-29,9-11-27)13-18-6-5-7-19(12-18)22(23,24)25/h5-7,12,29H,4,8-11,13-15H2,1-3H3. The molecular weight excluding hydrogens is 379 g/mol. The van der Waals surface area contributed by atoms with Crippen molar-refractivity contribution >= 4 is 0 Å². The van der Waals surface area contributed by atoms with Crippen LogP contribution >= 0.6 is 0 Å². The molecule has 1 saturated heterocycles. The molecule has 0 amide bonds. The summed E-state index contributed by atoms with van der Waals surface area (Å²) in [5.74, 6) is 0. The normalized spacial score (nSPS) is 17.6. The molecule has 1 aromatic heterocycles. The lowest BCUT2D eigenvalue weighted by Gasteiger charge is -2.41. The zero-order valence-corrected chi connectivity index (χ0v) is 17.4. The molecule has 0 unspecified atom stereocenters. The topological polar surface area (TPSA) is 41.3 Å². The fourth-order valence-electron chi connectivity index (χ4n) is 4.36. The van der Waals surface area contributed by atoms with Crippen LogP contribution in [0.25, 0.3) is 0 Å². The van der Waals surface area contributed by atoms with Crippen molar-refractivity contribution in [3.05, 3.63) is 52.3 Å². The van der Waals surface area contributed by atoms with E-state index in [1.54, 1.807) is 6.07 Å². The van der Waals surface area contributed by atoms with Gasteiger partial charge in [0.25, 0.3) is 0 Å². The van der Waals surface area contributed by atoms with E-state index >= 15 is 0 Å². The molecule has 4 nitrogen and oxygen atoms in total. The smallest absolute Gasteiger partial charge is 0.396 e. The second kappa shape index (κ2) is 8.48. The third-order valence-electron chi connectivity index (χ3n) is 6.30. The highest BCUT2D eigenvalue weighted by Gasteiger charge is 2.36. The largest absolute Gasteiger partial charge is 0.416 e. The Balaban J connectivity index is 1.67. The van der Waals surface area contributed by atoms with Gasteiger partial charge in [-0.05, 0) is 70.2 Å². The van der Waals surface area contributed by atoms with Crippen molar-refractivity contribution in [1.29, 1.82) is 0 Å². The Hall–Kier alpha value is -1.86. The van der Waals surface area contributed by atoms with Crippen LogP contribution in [0, 0.1) is 19.3 Å². The Bertz CT molecular complexity index is 836. The van der Waals surface area contributed by atoms with Gasteiger partial charge in [0.1, 0.15) is 0 Å². The first-order chi connectivity index (χ1) is 13.7. The summed E-state index contributed by atoms with van der Waals surface area (Å²) in [6.07, 6.45) is -2.35. The first-order valence-electron chi connectivity index (χ1n) is 10.2. The maximum atomic E-state index is 13.0. The number of aromatic nitrogens is 2. The fourth-order valence-corrected chi connectivity index (χ4v) is 4.36. The van der Waals surface area contributed by atoms with Crippen LogP contribution in [0.2, 0.25) is 0 Å². The van der Waals surface area contributed by atoms with Gasteiger partial charge in [-0.3, -0.25) is 9.58 Å². The first kappa shape index (κ1) is 21.8. The molecule has 29 heavy (non-hydrogen) atoms. The van der Waals surface area contributed by atoms with Gasteiger partial charge < -0.3 is 5.11 Å². The monoisotopic (exact) mass is 409 g/mol. The maximum absolute atomic E-state index is 13.0. The Morgan fingerprint density at radius 2 is 1.86 bits per heavy atom. The van der Waals surface area contributed by atoms with Crippen LogP contribution in [0.4, 0.5) is 13.2 Å². The molecule has 1 fully saturated rings. The molecule has 0 atom stereocenters. The van der Waals surface area contributed by atoms with E-state index in [1.807, 2.05) is 11.6 Å². The van der Waals surface area contributed by atoms with E-state index in [4.69, 9.17) is 0 Å². The molecule has 0 radical (unpaired) electrons. The zero-order chi connectivity index (χ0) is 21.2. The molecule has 2 heterocycles. The van der Waals surface area contributed by atoms with Gasteiger partial charge in [0, 0.05) is 31.0 Å². The molecule has 3 rings (SSSR count). The van der Waals surface area contributed by atoms with Gasteiger partial charge in [-0.2, -0.15) is 18.3 Å². The van der Waals surface area contributed by atoms with E-state index in [9.17, 15) is 18.3 Å². The molecule has 160 valence electrons. The average Bonchev–Trinajstić information content (AvgIpc) is 2.96. The molecule has 7 heteroatoms. The van der Waals surface area contributed by atoms with Gasteiger partial charge in [-0.25, -0.2) is 0 Å². The summed E-state index contributed by atoms with van der Waals surface area (Å²) in [5, 5.41) is 14.7. The summed E-state index contributed by atoms with van der Waals surface area (Å²) in [5.41, 5.74) is 3.14. The number of nitrogens with zero attached hydrogens (tertiary/aromatic N) is 3. The van der Waals surface area contributed by atoms with Gasteiger partial charge in [-0.1, -0.05) is 18.2 Å². The quantitative estimate of drug-likeness (QED) is 0.771. The number of likely N-dealkylation sites (tertiary alicyclic amines) is 1. The fraction of sp³-hybridized carbons (Fsp3) is 0.591. The Morgan fingerprint density at radius 1 is 1.17 bits per heavy atom. The Morgan fingerprint density at radius 3 is 2.41 bits per heavy atom. The Kier molecular flexibility index (Phi) is 6.39. The van der Waals surface area contributed by atoms with Crippen molar-refractivity contribution in [3.8, 4) is 0 Å². The van der Waals surface area contributed by atoms with Crippen LogP contribution in [0.3, 0.4) is 0 Å². The highest BCUT2D eigenvalue weighted by Crippen LogP contribution is 2.37. The Labute approximate surface area is 170 Å². The number of hydrogen-bond donors (Lipinski definition) is 1. The van der Waals surface area contributed by atoms with Gasteiger partial charge in [-0.15, -0.1) is 0 Å². The van der Waals surface area contributed by atoms with Crippen molar-refractivity contribution in [1.82, 2.24) is 14.7 Å². The SMILES string of the molecule is CCn1nc(C)c(CN2CCC(CO)(Cc3cccc(C(F)(F)F)c3)CC2)c1C. The summed E-state index contributed by atoms with van der Waals surface area (Å²) < 4.78 is 41.0. The first-order valence-corrected chi connectivity index (χ1v) is 10.2. The van der Waals surface area contributed by atoms with Crippen LogP contribution in [0.1, 0.15) is 47.8 Å². The summed E-state index contributed by atoms with van der Waals surface area (Å²) >= 11 is 0. The number of alkyl halides is 3. The van der Waals surface area contributed by atoms with Crippen molar-refractivity contribution < 1.29 is 18.3 Å². The summed E-state index contributed by atoms with van der Waals surface area (Å²) in [6.45, 7) is 9.49. The van der Waals surface area contributed by atoms with Crippen LogP contribution in [0.5, 0.6) is 0 Å². The number of aryl methyl sites for hydroxylation is 2. The predicted molar refractivity (Wildman–Crippen MR) is 107 cm³/mol. The number of hydrogen-bond acceptors (Lipinski definition) is 3. The lowest BCUT2D eigenvalue weighted by Crippen LogP contribution is -2.43. The molecule has 1 aromatic carbocycles. The molecule has 1 aliphatic rings. The summed E-state index contributed by atoms with van der Waals surface area (Å²) in [7, 11) is 0. The second-order valence-electron chi connectivity index (χ2n) is 8.27. The van der Waals surface area contributed by atoms with Crippen LogP contribution < -0.4 is 0 Å². The average molecular weight is 409 g/mol.